The molecule has 3 aromatic rings. The second kappa shape index (κ2) is 12.1. The van der Waals surface area contributed by atoms with Crippen LogP contribution in [0.3, 0.4) is 0 Å². The predicted molar refractivity (Wildman–Crippen MR) is 143 cm³/mol. The van der Waals surface area contributed by atoms with E-state index in [1.165, 1.54) is 24.3 Å². The van der Waals surface area contributed by atoms with Crippen molar-refractivity contribution in [3.63, 3.8) is 0 Å². The average molecular weight is 539 g/mol. The third-order valence-corrected chi connectivity index (χ3v) is 6.35. The van der Waals surface area contributed by atoms with Gasteiger partial charge >= 0.3 is 6.36 Å². The van der Waals surface area contributed by atoms with Crippen LogP contribution in [-0.2, 0) is 4.79 Å². The molecule has 204 valence electrons. The fourth-order valence-corrected chi connectivity index (χ4v) is 4.54. The molecule has 2 amide bonds. The van der Waals surface area contributed by atoms with Crippen molar-refractivity contribution in [2.24, 2.45) is 0 Å². The van der Waals surface area contributed by atoms with Crippen molar-refractivity contribution in [2.45, 2.75) is 39.2 Å². The fraction of sp³-hybridized carbons (Fsp3) is 0.267. The Morgan fingerprint density at radius 2 is 1.67 bits per heavy atom. The lowest BCUT2D eigenvalue weighted by molar-refractivity contribution is -0.274. The lowest BCUT2D eigenvalue weighted by Crippen LogP contribution is -2.41. The summed E-state index contributed by atoms with van der Waals surface area (Å²) in [6, 6.07) is 17.8. The molecule has 0 atom stereocenters. The van der Waals surface area contributed by atoms with Gasteiger partial charge in [0.1, 0.15) is 17.6 Å². The first kappa shape index (κ1) is 27.8. The van der Waals surface area contributed by atoms with E-state index in [2.05, 4.69) is 10.1 Å². The summed E-state index contributed by atoms with van der Waals surface area (Å²) in [5, 5.41) is 2.90. The Labute approximate surface area is 225 Å². The summed E-state index contributed by atoms with van der Waals surface area (Å²) >= 11 is 0. The van der Waals surface area contributed by atoms with E-state index in [9.17, 15) is 22.8 Å². The number of anilines is 1. The maximum absolute atomic E-state index is 13.3. The molecule has 0 spiro atoms. The van der Waals surface area contributed by atoms with Crippen LogP contribution in [0, 0.1) is 6.92 Å². The summed E-state index contributed by atoms with van der Waals surface area (Å²) in [6.45, 7) is 4.87. The highest BCUT2D eigenvalue weighted by molar-refractivity contribution is 6.09. The first-order chi connectivity index (χ1) is 18.6. The SMILES string of the molecule is CC=CC(=O)N1CCC(Oc2cccc(NC(=O)c3cccc(C)c3-c3ccc(OC(F)(F)F)cc3)c2)CC1. The van der Waals surface area contributed by atoms with Crippen molar-refractivity contribution >= 4 is 17.5 Å². The molecule has 39 heavy (non-hydrogen) atoms. The molecule has 0 saturated carbocycles. The van der Waals surface area contributed by atoms with Gasteiger partial charge in [-0.15, -0.1) is 13.2 Å². The number of halogens is 3. The number of allylic oxidation sites excluding steroid dienone is 1. The summed E-state index contributed by atoms with van der Waals surface area (Å²) in [7, 11) is 0. The van der Waals surface area contributed by atoms with Gasteiger partial charge in [-0.1, -0.05) is 36.4 Å². The largest absolute Gasteiger partial charge is 0.573 e. The van der Waals surface area contributed by atoms with Crippen LogP contribution < -0.4 is 14.8 Å². The number of piperidine rings is 1. The number of nitrogens with zero attached hydrogens (tertiary/aromatic N) is 1. The molecule has 1 aliphatic heterocycles. The number of carbonyl (C=O) groups excluding carboxylic acids is 2. The van der Waals surface area contributed by atoms with E-state index in [1.54, 1.807) is 47.4 Å². The third kappa shape index (κ3) is 7.40. The number of benzene rings is 3. The molecule has 0 radical (unpaired) electrons. The molecule has 1 aliphatic rings. The molecule has 4 rings (SSSR count). The molecule has 6 nitrogen and oxygen atoms in total. The van der Waals surface area contributed by atoms with Gasteiger partial charge in [-0.05, 0) is 66.9 Å². The van der Waals surface area contributed by atoms with Gasteiger partial charge in [0, 0.05) is 43.2 Å². The van der Waals surface area contributed by atoms with Gasteiger partial charge in [-0.3, -0.25) is 9.59 Å². The van der Waals surface area contributed by atoms with Gasteiger partial charge in [0.15, 0.2) is 0 Å². The Morgan fingerprint density at radius 1 is 0.974 bits per heavy atom. The van der Waals surface area contributed by atoms with E-state index in [-0.39, 0.29) is 23.7 Å². The van der Waals surface area contributed by atoms with Crippen LogP contribution in [0.15, 0.2) is 78.9 Å². The molecule has 1 heterocycles. The first-order valence-corrected chi connectivity index (χ1v) is 12.6. The normalized spacial score (nSPS) is 14.3. The smallest absolute Gasteiger partial charge is 0.490 e. The zero-order valence-corrected chi connectivity index (χ0v) is 21.6. The van der Waals surface area contributed by atoms with Crippen molar-refractivity contribution < 1.29 is 32.2 Å². The van der Waals surface area contributed by atoms with Crippen molar-refractivity contribution in [1.29, 1.82) is 0 Å². The highest BCUT2D eigenvalue weighted by Crippen LogP contribution is 2.31. The molecular formula is C30H29F3N2O4. The zero-order valence-electron chi connectivity index (χ0n) is 21.6. The summed E-state index contributed by atoms with van der Waals surface area (Å²) in [4.78, 5) is 27.1. The quantitative estimate of drug-likeness (QED) is 0.338. The fourth-order valence-electron chi connectivity index (χ4n) is 4.54. The van der Waals surface area contributed by atoms with Gasteiger partial charge in [0.05, 0.1) is 0 Å². The minimum atomic E-state index is -4.78. The first-order valence-electron chi connectivity index (χ1n) is 12.6. The van der Waals surface area contributed by atoms with Gasteiger partial charge in [-0.2, -0.15) is 0 Å². The number of ether oxygens (including phenoxy) is 2. The number of carbonyl (C=O) groups is 2. The number of aryl methyl sites for hydroxylation is 1. The summed E-state index contributed by atoms with van der Waals surface area (Å²) < 4.78 is 47.7. The lowest BCUT2D eigenvalue weighted by Gasteiger charge is -2.31. The molecule has 0 aromatic heterocycles. The third-order valence-electron chi connectivity index (χ3n) is 6.35. The van der Waals surface area contributed by atoms with Crippen LogP contribution in [0.1, 0.15) is 35.7 Å². The lowest BCUT2D eigenvalue weighted by atomic mass is 9.94. The van der Waals surface area contributed by atoms with Crippen LogP contribution in [0.4, 0.5) is 18.9 Å². The van der Waals surface area contributed by atoms with Crippen molar-refractivity contribution in [1.82, 2.24) is 4.90 Å². The Balaban J connectivity index is 1.45. The number of amides is 2. The Hall–Kier alpha value is -4.27. The van der Waals surface area contributed by atoms with Crippen LogP contribution in [-0.4, -0.2) is 42.3 Å². The van der Waals surface area contributed by atoms with Crippen LogP contribution in [0.5, 0.6) is 11.5 Å². The minimum Gasteiger partial charge on any atom is -0.490 e. The molecule has 0 aliphatic carbocycles. The van der Waals surface area contributed by atoms with E-state index in [1.807, 2.05) is 26.0 Å². The Kier molecular flexibility index (Phi) is 8.59. The summed E-state index contributed by atoms with van der Waals surface area (Å²) in [5.74, 6) is -0.0903. The van der Waals surface area contributed by atoms with Crippen molar-refractivity contribution in [2.75, 3.05) is 18.4 Å². The van der Waals surface area contributed by atoms with E-state index >= 15 is 0 Å². The van der Waals surface area contributed by atoms with Crippen LogP contribution >= 0.6 is 0 Å². The maximum atomic E-state index is 13.3. The number of alkyl halides is 3. The molecule has 1 N–H and O–H groups in total. The standard InChI is InChI=1S/C30H29F3N2O4/c1-3-6-27(36)35-17-15-23(16-18-35)38-25-9-5-8-22(19-25)34-29(37)26-10-4-7-20(2)28(26)21-11-13-24(14-12-21)39-30(31,32)33/h3-14,19,23H,15-18H2,1-2H3,(H,34,37). The Morgan fingerprint density at radius 3 is 2.33 bits per heavy atom. The highest BCUT2D eigenvalue weighted by atomic mass is 19.4. The van der Waals surface area contributed by atoms with Gasteiger partial charge in [-0.25, -0.2) is 0 Å². The number of rotatable bonds is 7. The van der Waals surface area contributed by atoms with Crippen molar-refractivity contribution in [3.05, 3.63) is 90.0 Å². The van der Waals surface area contributed by atoms with Crippen LogP contribution in [0.2, 0.25) is 0 Å². The molecule has 0 unspecified atom stereocenters. The van der Waals surface area contributed by atoms with Gasteiger partial charge in [0.2, 0.25) is 5.91 Å². The molecule has 1 fully saturated rings. The van der Waals surface area contributed by atoms with E-state index in [0.717, 1.165) is 5.56 Å². The molecule has 0 bridgehead atoms. The Bertz CT molecular complexity index is 1350. The summed E-state index contributed by atoms with van der Waals surface area (Å²) in [6.07, 6.45) is -0.120. The minimum absolute atomic E-state index is 0.00163. The van der Waals surface area contributed by atoms with Crippen molar-refractivity contribution in [3.8, 4) is 22.6 Å². The van der Waals surface area contributed by atoms with E-state index in [0.29, 0.717) is 54.1 Å². The topological polar surface area (TPSA) is 67.9 Å². The van der Waals surface area contributed by atoms with Gasteiger partial charge < -0.3 is 19.7 Å². The van der Waals surface area contributed by atoms with E-state index < -0.39 is 6.36 Å². The second-order valence-corrected chi connectivity index (χ2v) is 9.19. The molecule has 1 saturated heterocycles. The van der Waals surface area contributed by atoms with Gasteiger partial charge in [0.25, 0.3) is 5.91 Å². The number of nitrogens with one attached hydrogen (secondary N) is 1. The number of likely N-dealkylation sites (tertiary alicyclic amines) is 1. The highest BCUT2D eigenvalue weighted by Gasteiger charge is 2.31. The molecular weight excluding hydrogens is 509 g/mol. The number of hydrogen-bond acceptors (Lipinski definition) is 4. The maximum Gasteiger partial charge on any atom is 0.573 e. The van der Waals surface area contributed by atoms with E-state index in [4.69, 9.17) is 4.74 Å². The van der Waals surface area contributed by atoms with Crippen LogP contribution in [0.25, 0.3) is 11.1 Å². The predicted octanol–water partition coefficient (Wildman–Crippen LogP) is 6.76. The molecule has 9 heteroatoms. The zero-order chi connectivity index (χ0) is 28.0. The number of hydrogen-bond donors (Lipinski definition) is 1. The second-order valence-electron chi connectivity index (χ2n) is 9.19. The molecule has 3 aromatic carbocycles. The summed E-state index contributed by atoms with van der Waals surface area (Å²) in [5.41, 5.74) is 2.91. The monoisotopic (exact) mass is 538 g/mol. The average Bonchev–Trinajstić information content (AvgIpc) is 2.89.